The van der Waals surface area contributed by atoms with Crippen LogP contribution < -0.4 is 21.3 Å². The molecule has 1 aromatic heterocycles. The van der Waals surface area contributed by atoms with E-state index in [1.165, 1.54) is 6.20 Å². The fourth-order valence-corrected chi connectivity index (χ4v) is 1.71. The van der Waals surface area contributed by atoms with E-state index in [1.54, 1.807) is 24.3 Å². The highest BCUT2D eigenvalue weighted by Crippen LogP contribution is 2.17. The normalized spacial score (nSPS) is 10.0. The lowest BCUT2D eigenvalue weighted by Crippen LogP contribution is -2.14. The number of hydrazine groups is 1. The van der Waals surface area contributed by atoms with Crippen molar-refractivity contribution in [1.29, 1.82) is 0 Å². The molecule has 2 aromatic rings. The number of carbonyl (C=O) groups excluding carboxylic acids is 1. The number of nitrogens with one attached hydrogen (secondary N) is 2. The van der Waals surface area contributed by atoms with Crippen LogP contribution >= 0.6 is 0 Å². The number of benzene rings is 1. The number of hydrogen-bond donors (Lipinski definition) is 3. The quantitative estimate of drug-likeness (QED) is 0.560. The average Bonchev–Trinajstić information content (AvgIpc) is 2.54. The third-order valence-corrected chi connectivity index (χ3v) is 2.76. The highest BCUT2D eigenvalue weighted by atomic mass is 16.5. The molecule has 1 heterocycles. The molecule has 0 unspecified atom stereocenters. The number of nitrogens with two attached hydrogens (primary N) is 1. The Bertz CT molecular complexity index is 599. The van der Waals surface area contributed by atoms with Gasteiger partial charge < -0.3 is 15.5 Å². The minimum Gasteiger partial charge on any atom is -0.494 e. The number of hydrogen-bond acceptors (Lipinski definition) is 5. The first kappa shape index (κ1) is 14.8. The minimum absolute atomic E-state index is 0.226. The third-order valence-electron chi connectivity index (χ3n) is 2.76. The first-order valence-electron chi connectivity index (χ1n) is 6.70. The zero-order valence-corrected chi connectivity index (χ0v) is 11.8. The molecule has 1 aromatic carbocycles. The second-order valence-corrected chi connectivity index (χ2v) is 4.40. The van der Waals surface area contributed by atoms with E-state index >= 15 is 0 Å². The molecule has 0 saturated carbocycles. The number of nitrogens with zero attached hydrogens (tertiary/aromatic N) is 1. The van der Waals surface area contributed by atoms with Gasteiger partial charge in [0.25, 0.3) is 5.91 Å². The summed E-state index contributed by atoms with van der Waals surface area (Å²) in [6, 6.07) is 10.4. The molecule has 2 rings (SSSR count). The van der Waals surface area contributed by atoms with Crippen LogP contribution in [-0.2, 0) is 0 Å². The van der Waals surface area contributed by atoms with Gasteiger partial charge in [-0.2, -0.15) is 0 Å². The highest BCUT2D eigenvalue weighted by molar-refractivity contribution is 6.04. The average molecular weight is 286 g/mol. The Labute approximate surface area is 123 Å². The molecule has 0 aliphatic rings. The minimum atomic E-state index is -0.226. The third kappa shape index (κ3) is 4.19. The molecule has 0 radical (unpaired) electrons. The van der Waals surface area contributed by atoms with Crippen LogP contribution in [0.15, 0.2) is 42.6 Å². The van der Waals surface area contributed by atoms with Gasteiger partial charge in [-0.1, -0.05) is 6.92 Å². The van der Waals surface area contributed by atoms with Crippen molar-refractivity contribution < 1.29 is 9.53 Å². The molecule has 4 N–H and O–H groups in total. The molecule has 0 spiro atoms. The van der Waals surface area contributed by atoms with Crippen molar-refractivity contribution in [2.45, 2.75) is 13.3 Å². The van der Waals surface area contributed by atoms with Crippen molar-refractivity contribution in [3.63, 3.8) is 0 Å². The Morgan fingerprint density at radius 2 is 2.05 bits per heavy atom. The number of pyridine rings is 1. The Kier molecular flexibility index (Phi) is 5.11. The first-order valence-corrected chi connectivity index (χ1v) is 6.70. The molecule has 6 heteroatoms. The van der Waals surface area contributed by atoms with E-state index in [9.17, 15) is 4.79 Å². The van der Waals surface area contributed by atoms with E-state index in [2.05, 4.69) is 15.7 Å². The van der Waals surface area contributed by atoms with E-state index in [1.807, 2.05) is 19.1 Å². The maximum absolute atomic E-state index is 12.1. The molecule has 0 aliphatic carbocycles. The lowest BCUT2D eigenvalue weighted by atomic mass is 10.2. The summed E-state index contributed by atoms with van der Waals surface area (Å²) in [5.41, 5.74) is 3.58. The molecule has 110 valence electrons. The van der Waals surface area contributed by atoms with Gasteiger partial charge in [0.2, 0.25) is 0 Å². The molecular formula is C15H18N4O2. The molecule has 1 amide bonds. The fourth-order valence-electron chi connectivity index (χ4n) is 1.71. The van der Waals surface area contributed by atoms with Crippen molar-refractivity contribution in [2.75, 3.05) is 17.3 Å². The smallest absolute Gasteiger partial charge is 0.255 e. The van der Waals surface area contributed by atoms with Crippen LogP contribution in [0.4, 0.5) is 11.5 Å². The standard InChI is InChI=1S/C15H18N4O2/c1-2-9-21-13-5-3-12(4-6-13)18-15(20)11-7-8-17-14(10-11)19-16/h3-8,10H,2,9,16H2,1H3,(H,17,19)(H,18,20). The Balaban J connectivity index is 2.01. The van der Waals surface area contributed by atoms with Gasteiger partial charge in [0.15, 0.2) is 0 Å². The van der Waals surface area contributed by atoms with E-state index in [-0.39, 0.29) is 5.91 Å². The van der Waals surface area contributed by atoms with Gasteiger partial charge in [-0.05, 0) is 42.8 Å². The van der Waals surface area contributed by atoms with Crippen LogP contribution in [0, 0.1) is 0 Å². The molecule has 6 nitrogen and oxygen atoms in total. The predicted octanol–water partition coefficient (Wildman–Crippen LogP) is 2.41. The summed E-state index contributed by atoms with van der Waals surface area (Å²) in [5, 5.41) is 2.80. The second-order valence-electron chi connectivity index (χ2n) is 4.40. The number of nitrogen functional groups attached to an aromatic ring is 1. The summed E-state index contributed by atoms with van der Waals surface area (Å²) in [7, 11) is 0. The number of anilines is 2. The summed E-state index contributed by atoms with van der Waals surface area (Å²) in [4.78, 5) is 16.1. The number of amides is 1. The topological polar surface area (TPSA) is 89.3 Å². The van der Waals surface area contributed by atoms with Gasteiger partial charge in [0, 0.05) is 17.4 Å². The van der Waals surface area contributed by atoms with Gasteiger partial charge in [0.05, 0.1) is 6.61 Å². The maximum atomic E-state index is 12.1. The Morgan fingerprint density at radius 1 is 1.29 bits per heavy atom. The van der Waals surface area contributed by atoms with Crippen LogP contribution in [0.3, 0.4) is 0 Å². The number of rotatable bonds is 6. The van der Waals surface area contributed by atoms with Crippen LogP contribution in [0.1, 0.15) is 23.7 Å². The molecule has 0 aliphatic heterocycles. The predicted molar refractivity (Wildman–Crippen MR) is 82.2 cm³/mol. The Morgan fingerprint density at radius 3 is 2.71 bits per heavy atom. The van der Waals surface area contributed by atoms with Crippen LogP contribution in [-0.4, -0.2) is 17.5 Å². The zero-order chi connectivity index (χ0) is 15.1. The van der Waals surface area contributed by atoms with Crippen molar-refractivity contribution >= 4 is 17.4 Å². The summed E-state index contributed by atoms with van der Waals surface area (Å²) in [6.45, 7) is 2.73. The van der Waals surface area contributed by atoms with Crippen LogP contribution in [0.25, 0.3) is 0 Å². The molecule has 0 atom stereocenters. The van der Waals surface area contributed by atoms with Gasteiger partial charge in [-0.15, -0.1) is 0 Å². The lowest BCUT2D eigenvalue weighted by Gasteiger charge is -2.08. The van der Waals surface area contributed by atoms with Gasteiger partial charge >= 0.3 is 0 Å². The number of ether oxygens (including phenoxy) is 1. The zero-order valence-electron chi connectivity index (χ0n) is 11.8. The summed E-state index contributed by atoms with van der Waals surface area (Å²) in [6.07, 6.45) is 2.48. The molecule has 21 heavy (non-hydrogen) atoms. The highest BCUT2D eigenvalue weighted by Gasteiger charge is 2.07. The molecular weight excluding hydrogens is 268 g/mol. The summed E-state index contributed by atoms with van der Waals surface area (Å²) < 4.78 is 5.49. The van der Waals surface area contributed by atoms with Crippen molar-refractivity contribution in [2.24, 2.45) is 5.84 Å². The maximum Gasteiger partial charge on any atom is 0.255 e. The monoisotopic (exact) mass is 286 g/mol. The molecule has 0 bridgehead atoms. The van der Waals surface area contributed by atoms with Gasteiger partial charge in [0.1, 0.15) is 11.6 Å². The summed E-state index contributed by atoms with van der Waals surface area (Å²) >= 11 is 0. The number of carbonyl (C=O) groups is 1. The van der Waals surface area contributed by atoms with Crippen LogP contribution in [0.5, 0.6) is 5.75 Å². The Hall–Kier alpha value is -2.60. The van der Waals surface area contributed by atoms with E-state index < -0.39 is 0 Å². The summed E-state index contributed by atoms with van der Waals surface area (Å²) in [5.74, 6) is 6.27. The molecule has 0 saturated heterocycles. The second kappa shape index (κ2) is 7.25. The van der Waals surface area contributed by atoms with E-state index in [4.69, 9.17) is 10.6 Å². The van der Waals surface area contributed by atoms with Crippen LogP contribution in [0.2, 0.25) is 0 Å². The lowest BCUT2D eigenvalue weighted by molar-refractivity contribution is 0.102. The number of aromatic nitrogens is 1. The molecule has 0 fully saturated rings. The van der Waals surface area contributed by atoms with Gasteiger partial charge in [-0.3, -0.25) is 4.79 Å². The largest absolute Gasteiger partial charge is 0.494 e. The first-order chi connectivity index (χ1) is 10.2. The SMILES string of the molecule is CCCOc1ccc(NC(=O)c2ccnc(NN)c2)cc1. The van der Waals surface area contributed by atoms with Crippen molar-refractivity contribution in [3.05, 3.63) is 48.2 Å². The van der Waals surface area contributed by atoms with Crippen molar-refractivity contribution in [3.8, 4) is 5.75 Å². The van der Waals surface area contributed by atoms with Crippen molar-refractivity contribution in [1.82, 2.24) is 4.98 Å². The van der Waals surface area contributed by atoms with E-state index in [0.29, 0.717) is 23.7 Å². The van der Waals surface area contributed by atoms with E-state index in [0.717, 1.165) is 12.2 Å². The van der Waals surface area contributed by atoms with Gasteiger partial charge in [-0.25, -0.2) is 10.8 Å². The fraction of sp³-hybridized carbons (Fsp3) is 0.200.